The predicted molar refractivity (Wildman–Crippen MR) is 105 cm³/mol. The summed E-state index contributed by atoms with van der Waals surface area (Å²) in [5, 5.41) is 4.44. The van der Waals surface area contributed by atoms with E-state index in [1.165, 1.54) is 0 Å². The molecule has 28 heavy (non-hydrogen) atoms. The van der Waals surface area contributed by atoms with Gasteiger partial charge in [0.05, 0.1) is 24.2 Å². The van der Waals surface area contributed by atoms with Crippen molar-refractivity contribution in [1.82, 2.24) is 19.7 Å². The number of hydrogen-bond acceptors (Lipinski definition) is 5. The Morgan fingerprint density at radius 1 is 1.32 bits per heavy atom. The first-order valence-electron chi connectivity index (χ1n) is 10.1. The molecular formula is C21H28N4O3. The molecule has 1 aliphatic heterocycles. The first-order chi connectivity index (χ1) is 13.6. The van der Waals surface area contributed by atoms with Crippen molar-refractivity contribution in [2.45, 2.75) is 51.3 Å². The van der Waals surface area contributed by atoms with Crippen molar-refractivity contribution < 1.29 is 14.3 Å². The molecule has 7 nitrogen and oxygen atoms in total. The van der Waals surface area contributed by atoms with Gasteiger partial charge in [0.2, 0.25) is 5.91 Å². The first kappa shape index (κ1) is 18.9. The van der Waals surface area contributed by atoms with Crippen LogP contribution < -0.4 is 4.74 Å². The highest BCUT2D eigenvalue weighted by molar-refractivity contribution is 5.73. The molecular weight excluding hydrogens is 356 g/mol. The lowest BCUT2D eigenvalue weighted by atomic mass is 9.80. The van der Waals surface area contributed by atoms with Gasteiger partial charge >= 0.3 is 0 Å². The van der Waals surface area contributed by atoms with Crippen LogP contribution in [0.1, 0.15) is 45.3 Å². The van der Waals surface area contributed by atoms with Gasteiger partial charge in [-0.25, -0.2) is 4.68 Å². The van der Waals surface area contributed by atoms with Crippen LogP contribution in [0, 0.1) is 5.92 Å². The number of carbonyl (C=O) groups is 1. The molecule has 2 fully saturated rings. The lowest BCUT2D eigenvalue weighted by Crippen LogP contribution is -2.46. The molecule has 7 heteroatoms. The van der Waals surface area contributed by atoms with Gasteiger partial charge in [-0.15, -0.1) is 0 Å². The highest BCUT2D eigenvalue weighted by atomic mass is 16.5. The van der Waals surface area contributed by atoms with E-state index in [0.717, 1.165) is 55.8 Å². The van der Waals surface area contributed by atoms with Crippen LogP contribution in [0.4, 0.5) is 0 Å². The Balaban J connectivity index is 1.32. The number of carbonyl (C=O) groups excluding carboxylic acids is 1. The van der Waals surface area contributed by atoms with Gasteiger partial charge in [-0.05, 0) is 56.2 Å². The number of pyridine rings is 1. The summed E-state index contributed by atoms with van der Waals surface area (Å²) < 4.78 is 13.7. The minimum atomic E-state index is -0.00354. The van der Waals surface area contributed by atoms with Crippen LogP contribution in [-0.2, 0) is 9.53 Å². The quantitative estimate of drug-likeness (QED) is 0.764. The molecule has 1 saturated carbocycles. The number of ether oxygens (including phenoxy) is 2. The Kier molecular flexibility index (Phi) is 5.62. The maximum atomic E-state index is 11.4. The third kappa shape index (κ3) is 4.04. The fraction of sp³-hybridized carbons (Fsp3) is 0.571. The lowest BCUT2D eigenvalue weighted by Gasteiger charge is -2.40. The molecule has 4 rings (SSSR count). The molecule has 1 amide bonds. The zero-order valence-corrected chi connectivity index (χ0v) is 16.6. The fourth-order valence-electron chi connectivity index (χ4n) is 3.90. The minimum Gasteiger partial charge on any atom is -0.492 e. The summed E-state index contributed by atoms with van der Waals surface area (Å²) >= 11 is 0. The van der Waals surface area contributed by atoms with Gasteiger partial charge in [0.25, 0.3) is 0 Å². The molecule has 0 aromatic carbocycles. The summed E-state index contributed by atoms with van der Waals surface area (Å²) in [4.78, 5) is 17.8. The van der Waals surface area contributed by atoms with Crippen molar-refractivity contribution in [3.63, 3.8) is 0 Å². The van der Waals surface area contributed by atoms with E-state index in [-0.39, 0.29) is 12.1 Å². The van der Waals surface area contributed by atoms with Crippen LogP contribution in [0.3, 0.4) is 0 Å². The monoisotopic (exact) mass is 384 g/mol. The highest BCUT2D eigenvalue weighted by Crippen LogP contribution is 2.32. The van der Waals surface area contributed by atoms with Crippen molar-refractivity contribution >= 4 is 5.91 Å². The highest BCUT2D eigenvalue weighted by Gasteiger charge is 2.33. The third-order valence-corrected chi connectivity index (χ3v) is 5.84. The molecule has 0 spiro atoms. The van der Waals surface area contributed by atoms with Crippen LogP contribution in [-0.4, -0.2) is 51.9 Å². The molecule has 3 heterocycles. The SMILES string of the molecule is CC(=O)N(C)C1CC(COc2ccc(-c3ccnn3C3CCCCO3)nc2)C1. The van der Waals surface area contributed by atoms with Gasteiger partial charge in [-0.3, -0.25) is 9.78 Å². The summed E-state index contributed by atoms with van der Waals surface area (Å²) in [5.74, 6) is 1.39. The molecule has 0 radical (unpaired) electrons. The van der Waals surface area contributed by atoms with Crippen LogP contribution in [0.5, 0.6) is 5.75 Å². The van der Waals surface area contributed by atoms with Gasteiger partial charge < -0.3 is 14.4 Å². The summed E-state index contributed by atoms with van der Waals surface area (Å²) in [6, 6.07) is 6.26. The molecule has 1 unspecified atom stereocenters. The smallest absolute Gasteiger partial charge is 0.219 e. The Morgan fingerprint density at radius 3 is 2.86 bits per heavy atom. The van der Waals surface area contributed by atoms with Crippen molar-refractivity contribution in [2.24, 2.45) is 5.92 Å². The number of hydrogen-bond donors (Lipinski definition) is 0. The fourth-order valence-corrected chi connectivity index (χ4v) is 3.90. The minimum absolute atomic E-state index is 0.00354. The van der Waals surface area contributed by atoms with Crippen LogP contribution in [0.25, 0.3) is 11.4 Å². The second-order valence-electron chi connectivity index (χ2n) is 7.79. The number of amides is 1. The van der Waals surface area contributed by atoms with Crippen molar-refractivity contribution in [3.05, 3.63) is 30.6 Å². The summed E-state index contributed by atoms with van der Waals surface area (Å²) in [7, 11) is 1.87. The van der Waals surface area contributed by atoms with Gasteiger partial charge in [0, 0.05) is 32.8 Å². The number of aromatic nitrogens is 3. The van der Waals surface area contributed by atoms with E-state index < -0.39 is 0 Å². The summed E-state index contributed by atoms with van der Waals surface area (Å²) in [6.45, 7) is 3.06. The van der Waals surface area contributed by atoms with Crippen LogP contribution in [0.15, 0.2) is 30.6 Å². The zero-order valence-electron chi connectivity index (χ0n) is 16.6. The molecule has 150 valence electrons. The van der Waals surface area contributed by atoms with Gasteiger partial charge in [0.1, 0.15) is 5.75 Å². The molecule has 1 atom stereocenters. The van der Waals surface area contributed by atoms with E-state index in [0.29, 0.717) is 18.6 Å². The number of nitrogens with zero attached hydrogens (tertiary/aromatic N) is 4. The van der Waals surface area contributed by atoms with E-state index >= 15 is 0 Å². The van der Waals surface area contributed by atoms with E-state index in [2.05, 4.69) is 10.1 Å². The standard InChI is InChI=1S/C21H28N4O3/c1-15(26)24(2)17-11-16(12-17)14-28-18-6-7-19(22-13-18)20-8-9-23-25(20)21-5-3-4-10-27-21/h6-9,13,16-17,21H,3-5,10-12,14H2,1-2H3. The molecule has 2 aromatic rings. The van der Waals surface area contributed by atoms with E-state index in [9.17, 15) is 4.79 Å². The topological polar surface area (TPSA) is 69.5 Å². The first-order valence-corrected chi connectivity index (χ1v) is 10.1. The molecule has 1 aliphatic carbocycles. The van der Waals surface area contributed by atoms with Crippen molar-refractivity contribution in [2.75, 3.05) is 20.3 Å². The second-order valence-corrected chi connectivity index (χ2v) is 7.79. The predicted octanol–water partition coefficient (Wildman–Crippen LogP) is 3.28. The Morgan fingerprint density at radius 2 is 2.18 bits per heavy atom. The number of rotatable bonds is 6. The Bertz CT molecular complexity index is 792. The normalized spacial score (nSPS) is 24.4. The van der Waals surface area contributed by atoms with Gasteiger partial charge in [-0.2, -0.15) is 5.10 Å². The van der Waals surface area contributed by atoms with Crippen LogP contribution >= 0.6 is 0 Å². The average molecular weight is 384 g/mol. The van der Waals surface area contributed by atoms with E-state index in [4.69, 9.17) is 9.47 Å². The van der Waals surface area contributed by atoms with E-state index in [1.807, 2.05) is 34.8 Å². The van der Waals surface area contributed by atoms with Gasteiger partial charge in [-0.1, -0.05) is 0 Å². The molecule has 2 aromatic heterocycles. The van der Waals surface area contributed by atoms with Crippen molar-refractivity contribution in [3.8, 4) is 17.1 Å². The largest absolute Gasteiger partial charge is 0.492 e. The maximum Gasteiger partial charge on any atom is 0.219 e. The summed E-state index contributed by atoms with van der Waals surface area (Å²) in [6.07, 6.45) is 8.83. The summed E-state index contributed by atoms with van der Waals surface area (Å²) in [5.41, 5.74) is 1.83. The zero-order chi connectivity index (χ0) is 19.5. The second kappa shape index (κ2) is 8.31. The van der Waals surface area contributed by atoms with Crippen LogP contribution in [0.2, 0.25) is 0 Å². The molecule has 0 N–H and O–H groups in total. The molecule has 1 saturated heterocycles. The molecule has 0 bridgehead atoms. The third-order valence-electron chi connectivity index (χ3n) is 5.84. The van der Waals surface area contributed by atoms with E-state index in [1.54, 1.807) is 19.3 Å². The van der Waals surface area contributed by atoms with Crippen molar-refractivity contribution in [1.29, 1.82) is 0 Å². The average Bonchev–Trinajstić information content (AvgIpc) is 3.17. The Hall–Kier alpha value is -2.41. The molecule has 2 aliphatic rings. The van der Waals surface area contributed by atoms with Gasteiger partial charge in [0.15, 0.2) is 6.23 Å². The maximum absolute atomic E-state index is 11.4. The lowest BCUT2D eigenvalue weighted by molar-refractivity contribution is -0.132. The Labute approximate surface area is 165 Å².